The summed E-state index contributed by atoms with van der Waals surface area (Å²) in [5.41, 5.74) is 5.39. The molecular weight excluding hydrogens is 462 g/mol. The van der Waals surface area contributed by atoms with Gasteiger partial charge in [0.2, 0.25) is 0 Å². The van der Waals surface area contributed by atoms with E-state index in [0.717, 1.165) is 34.5 Å². The molecule has 2 aliphatic heterocycles. The molecule has 2 atom stereocenters. The minimum atomic E-state index is -0.707. The smallest absolute Gasteiger partial charge is 0.192 e. The molecule has 3 aliphatic rings. The number of benzene rings is 2. The molecule has 0 amide bonds. The minimum Gasteiger partial charge on any atom is -0.483 e. The van der Waals surface area contributed by atoms with Gasteiger partial charge < -0.3 is 19.1 Å². The molecule has 2 unspecified atom stereocenters. The molecule has 1 aliphatic carbocycles. The number of hydrogen-bond donors (Lipinski definition) is 0. The van der Waals surface area contributed by atoms with E-state index in [1.165, 1.54) is 5.57 Å². The van der Waals surface area contributed by atoms with E-state index in [4.69, 9.17) is 38.6 Å². The summed E-state index contributed by atoms with van der Waals surface area (Å²) in [6.45, 7) is 8.58. The van der Waals surface area contributed by atoms with Gasteiger partial charge in [-0.3, -0.25) is 0 Å². The molecule has 2 aromatic carbocycles. The summed E-state index contributed by atoms with van der Waals surface area (Å²) < 4.78 is 18.6. The first-order chi connectivity index (χ1) is 16.5. The van der Waals surface area contributed by atoms with Crippen molar-refractivity contribution in [2.24, 2.45) is 5.41 Å². The van der Waals surface area contributed by atoms with Crippen molar-refractivity contribution in [1.29, 1.82) is 0 Å². The number of nitrogens with zero attached hydrogens (tertiary/aromatic N) is 1. The van der Waals surface area contributed by atoms with Gasteiger partial charge >= 0.3 is 0 Å². The molecule has 0 N–H and O–H groups in total. The maximum Gasteiger partial charge on any atom is 0.192 e. The Kier molecular flexibility index (Phi) is 6.09. The highest BCUT2D eigenvalue weighted by Gasteiger charge is 2.72. The monoisotopic (exact) mass is 491 g/mol. The average Bonchev–Trinajstić information content (AvgIpc) is 3.30. The van der Waals surface area contributed by atoms with E-state index < -0.39 is 5.72 Å². The third-order valence-electron chi connectivity index (χ3n) is 7.09. The Morgan fingerprint density at radius 2 is 1.50 bits per heavy atom. The second-order valence-corrected chi connectivity index (χ2v) is 9.64. The Bertz CT molecular complexity index is 1190. The molecule has 0 aromatic heterocycles. The van der Waals surface area contributed by atoms with Crippen molar-refractivity contribution in [2.75, 3.05) is 26.4 Å². The molecule has 0 bridgehead atoms. The van der Waals surface area contributed by atoms with Crippen LogP contribution in [0.2, 0.25) is 0 Å². The van der Waals surface area contributed by atoms with Gasteiger partial charge in [0.05, 0.1) is 36.5 Å². The van der Waals surface area contributed by atoms with Gasteiger partial charge in [-0.05, 0) is 61.4 Å². The quantitative estimate of drug-likeness (QED) is 0.459. The molecular formula is C28H29NO3S2. The molecule has 1 fully saturated rings. The van der Waals surface area contributed by atoms with Crippen LogP contribution in [0.25, 0.3) is 11.3 Å². The van der Waals surface area contributed by atoms with Gasteiger partial charge in [0, 0.05) is 12.1 Å². The topological polar surface area (TPSA) is 30.9 Å². The molecule has 6 heteroatoms. The lowest BCUT2D eigenvalue weighted by Gasteiger charge is -2.63. The van der Waals surface area contributed by atoms with Crippen LogP contribution in [-0.2, 0) is 14.2 Å². The maximum absolute atomic E-state index is 6.70. The van der Waals surface area contributed by atoms with Crippen molar-refractivity contribution in [3.63, 3.8) is 0 Å². The summed E-state index contributed by atoms with van der Waals surface area (Å²) >= 11 is 11.7. The molecule has 2 aromatic rings. The van der Waals surface area contributed by atoms with Crippen LogP contribution in [-0.4, -0.2) is 47.1 Å². The summed E-state index contributed by atoms with van der Waals surface area (Å²) in [7, 11) is 0. The second kappa shape index (κ2) is 8.91. The van der Waals surface area contributed by atoms with Gasteiger partial charge in [-0.25, -0.2) is 0 Å². The highest BCUT2D eigenvalue weighted by atomic mass is 32.1. The molecule has 5 rings (SSSR count). The Labute approximate surface area is 212 Å². The second-order valence-electron chi connectivity index (χ2n) is 8.90. The largest absolute Gasteiger partial charge is 0.483 e. The lowest BCUT2D eigenvalue weighted by Crippen LogP contribution is -2.68. The van der Waals surface area contributed by atoms with Gasteiger partial charge in [-0.1, -0.05) is 67.6 Å². The molecule has 0 saturated carbocycles. The zero-order chi connectivity index (χ0) is 23.9. The average molecular weight is 492 g/mol. The van der Waals surface area contributed by atoms with Gasteiger partial charge in [-0.2, -0.15) is 0 Å². The first kappa shape index (κ1) is 23.2. The number of thiocarbonyl (C=S) groups is 2. The number of ether oxygens (including phenoxy) is 3. The molecule has 4 nitrogen and oxygen atoms in total. The molecule has 176 valence electrons. The molecule has 1 spiro atoms. The Balaban J connectivity index is 1.77. The van der Waals surface area contributed by atoms with Crippen molar-refractivity contribution < 1.29 is 14.2 Å². The van der Waals surface area contributed by atoms with Crippen molar-refractivity contribution in [3.05, 3.63) is 82.9 Å². The molecule has 2 heterocycles. The van der Waals surface area contributed by atoms with E-state index in [-0.39, 0.29) is 5.41 Å². The predicted molar refractivity (Wildman–Crippen MR) is 143 cm³/mol. The summed E-state index contributed by atoms with van der Waals surface area (Å²) in [5.74, 6) is 0. The van der Waals surface area contributed by atoms with E-state index in [2.05, 4.69) is 60.4 Å². The summed E-state index contributed by atoms with van der Waals surface area (Å²) in [4.78, 5) is 2.36. The van der Waals surface area contributed by atoms with Crippen LogP contribution < -0.4 is 0 Å². The van der Waals surface area contributed by atoms with E-state index in [9.17, 15) is 0 Å². The van der Waals surface area contributed by atoms with Crippen LogP contribution in [0.3, 0.4) is 0 Å². The normalized spacial score (nSPS) is 25.4. The van der Waals surface area contributed by atoms with Crippen molar-refractivity contribution in [1.82, 2.24) is 4.90 Å². The Hall–Kier alpha value is -2.54. The standard InChI is InChI=1S/C28H29NO3S2/c1-4-30-25(33)21-18-27(3)22(19-12-8-6-9-13-19)23(26(34)31-5-2)28(27)29(16-17-32-28)24(21)20-14-10-7-11-15-20/h6-15H,4-5,16-18H2,1-3H3. The fraction of sp³-hybridized carbons (Fsp3) is 0.357. The highest BCUT2D eigenvalue weighted by Crippen LogP contribution is 2.69. The van der Waals surface area contributed by atoms with Crippen LogP contribution in [0, 0.1) is 5.41 Å². The van der Waals surface area contributed by atoms with Crippen molar-refractivity contribution in [3.8, 4) is 0 Å². The zero-order valence-electron chi connectivity index (χ0n) is 19.8. The van der Waals surface area contributed by atoms with Crippen LogP contribution in [0.1, 0.15) is 38.3 Å². The Morgan fingerprint density at radius 3 is 2.12 bits per heavy atom. The van der Waals surface area contributed by atoms with E-state index in [1.54, 1.807) is 0 Å². The fourth-order valence-electron chi connectivity index (χ4n) is 5.91. The van der Waals surface area contributed by atoms with Crippen LogP contribution in [0.4, 0.5) is 0 Å². The lowest BCUT2D eigenvalue weighted by atomic mass is 9.51. The Morgan fingerprint density at radius 1 is 0.912 bits per heavy atom. The van der Waals surface area contributed by atoms with E-state index in [1.807, 2.05) is 26.0 Å². The van der Waals surface area contributed by atoms with Gasteiger partial charge in [0.1, 0.15) is 0 Å². The van der Waals surface area contributed by atoms with Crippen LogP contribution in [0.15, 0.2) is 71.8 Å². The SMILES string of the molecule is CCOC(=S)C1=C(c2ccccc2)N2CCOC23C(C(=S)OCC)=C(c2ccccc2)C3(C)C1. The van der Waals surface area contributed by atoms with Gasteiger partial charge in [0.25, 0.3) is 0 Å². The third kappa shape index (κ3) is 3.19. The number of rotatable bonds is 6. The summed E-state index contributed by atoms with van der Waals surface area (Å²) in [6.07, 6.45) is 0.690. The fourth-order valence-corrected chi connectivity index (χ4v) is 6.56. The maximum atomic E-state index is 6.70. The first-order valence-corrected chi connectivity index (χ1v) is 12.7. The van der Waals surface area contributed by atoms with Gasteiger partial charge in [-0.15, -0.1) is 0 Å². The highest BCUT2D eigenvalue weighted by molar-refractivity contribution is 7.80. The van der Waals surface area contributed by atoms with Crippen molar-refractivity contribution in [2.45, 2.75) is 32.9 Å². The summed E-state index contributed by atoms with van der Waals surface area (Å²) in [6, 6.07) is 20.8. The zero-order valence-corrected chi connectivity index (χ0v) is 21.4. The molecule has 0 radical (unpaired) electrons. The number of hydrogen-bond acceptors (Lipinski definition) is 6. The minimum absolute atomic E-state index is 0.379. The van der Waals surface area contributed by atoms with E-state index >= 15 is 0 Å². The lowest BCUT2D eigenvalue weighted by molar-refractivity contribution is -0.117. The van der Waals surface area contributed by atoms with Crippen LogP contribution >= 0.6 is 24.4 Å². The predicted octanol–water partition coefficient (Wildman–Crippen LogP) is 6.03. The van der Waals surface area contributed by atoms with Crippen molar-refractivity contribution >= 4 is 45.8 Å². The molecule has 34 heavy (non-hydrogen) atoms. The third-order valence-corrected chi connectivity index (χ3v) is 7.78. The summed E-state index contributed by atoms with van der Waals surface area (Å²) in [5, 5.41) is 1.06. The van der Waals surface area contributed by atoms with E-state index in [0.29, 0.717) is 36.3 Å². The van der Waals surface area contributed by atoms with Gasteiger partial charge in [0.15, 0.2) is 15.8 Å². The molecule has 1 saturated heterocycles. The first-order valence-electron chi connectivity index (χ1n) is 11.8. The van der Waals surface area contributed by atoms with Crippen LogP contribution in [0.5, 0.6) is 0 Å².